The first kappa shape index (κ1) is 33.7. The van der Waals surface area contributed by atoms with Crippen LogP contribution in [0.2, 0.25) is 0 Å². The van der Waals surface area contributed by atoms with Crippen LogP contribution in [-0.4, -0.2) is 0 Å². The maximum atomic E-state index is 2.45. The summed E-state index contributed by atoms with van der Waals surface area (Å²) in [6, 6.07) is 50.1. The van der Waals surface area contributed by atoms with Crippen LogP contribution in [-0.2, 0) is 0 Å². The smallest absolute Gasteiger partial charge is 0.0493 e. The van der Waals surface area contributed by atoms with Crippen molar-refractivity contribution in [2.45, 2.75) is 55.4 Å². The van der Waals surface area contributed by atoms with E-state index in [1.165, 1.54) is 122 Å². The van der Waals surface area contributed by atoms with E-state index >= 15 is 0 Å². The molecule has 264 valence electrons. The van der Waals surface area contributed by atoms with Gasteiger partial charge < -0.3 is 9.80 Å². The van der Waals surface area contributed by atoms with Crippen LogP contribution in [0.3, 0.4) is 0 Å². The molecule has 0 saturated heterocycles. The predicted octanol–water partition coefficient (Wildman–Crippen LogP) is 15.0. The van der Waals surface area contributed by atoms with Gasteiger partial charge in [-0.3, -0.25) is 0 Å². The molecule has 1 aliphatic rings. The van der Waals surface area contributed by atoms with Crippen LogP contribution in [0.1, 0.15) is 44.5 Å². The highest BCUT2D eigenvalue weighted by atomic mass is 15.2. The largest absolute Gasteiger partial charge is 0.310 e. The number of nitrogens with zero attached hydrogens (tertiary/aromatic N) is 2. The standard InChI is InChI=1S/C52H46N2/c1-31-13-9-17-49(35(31)5)53(50-18-10-14-32(2)36(50)6)43-23-21-39-27-45-46-28-40-22-24-44(26-42(40)30-48(46)47(45)29-41(39)25-43)54(51-19-11-15-33(3)37(51)7)52-20-12-16-34(4)38(52)8/h9-30H,1-8H3. The molecule has 0 aliphatic heterocycles. The highest BCUT2D eigenvalue weighted by Gasteiger charge is 2.26. The number of anilines is 6. The average molecular weight is 699 g/mol. The van der Waals surface area contributed by atoms with E-state index in [0.717, 1.165) is 0 Å². The fourth-order valence-electron chi connectivity index (χ4n) is 8.40. The van der Waals surface area contributed by atoms with Gasteiger partial charge in [-0.1, -0.05) is 60.7 Å². The molecule has 0 spiro atoms. The summed E-state index contributed by atoms with van der Waals surface area (Å²) < 4.78 is 0. The zero-order chi connectivity index (χ0) is 37.4. The first-order valence-electron chi connectivity index (χ1n) is 19.1. The van der Waals surface area contributed by atoms with E-state index in [2.05, 4.69) is 199 Å². The van der Waals surface area contributed by atoms with Crippen molar-refractivity contribution in [1.29, 1.82) is 0 Å². The second-order valence-electron chi connectivity index (χ2n) is 15.4. The third-order valence-corrected chi connectivity index (χ3v) is 12.3. The van der Waals surface area contributed by atoms with Crippen LogP contribution in [0, 0.1) is 55.4 Å². The Kier molecular flexibility index (Phi) is 7.97. The predicted molar refractivity (Wildman–Crippen MR) is 233 cm³/mol. The van der Waals surface area contributed by atoms with Crippen LogP contribution in [0.15, 0.2) is 133 Å². The van der Waals surface area contributed by atoms with Crippen molar-refractivity contribution in [1.82, 2.24) is 0 Å². The van der Waals surface area contributed by atoms with Gasteiger partial charge in [0, 0.05) is 34.1 Å². The van der Waals surface area contributed by atoms with Gasteiger partial charge in [-0.05, 0) is 216 Å². The minimum absolute atomic E-state index is 1.17. The highest BCUT2D eigenvalue weighted by Crippen LogP contribution is 2.52. The molecule has 0 radical (unpaired) electrons. The zero-order valence-corrected chi connectivity index (χ0v) is 32.6. The quantitative estimate of drug-likeness (QED) is 0.171. The van der Waals surface area contributed by atoms with Gasteiger partial charge in [0.05, 0.1) is 0 Å². The SMILES string of the molecule is Cc1cccc(N(c2ccc3cc4c(cc3c2)-c2cc3cc(N(c5cccc(C)c5C)c5cccc(C)c5C)ccc3cc2-4)c2cccc(C)c2C)c1C. The second-order valence-corrected chi connectivity index (χ2v) is 15.4. The Morgan fingerprint density at radius 1 is 0.278 bits per heavy atom. The summed E-state index contributed by atoms with van der Waals surface area (Å²) in [5.74, 6) is 0. The molecule has 0 unspecified atom stereocenters. The third-order valence-electron chi connectivity index (χ3n) is 12.3. The van der Waals surface area contributed by atoms with Crippen LogP contribution in [0.5, 0.6) is 0 Å². The Hall–Kier alpha value is -6.12. The first-order valence-corrected chi connectivity index (χ1v) is 19.1. The Balaban J connectivity index is 1.16. The average Bonchev–Trinajstić information content (AvgIpc) is 3.17. The van der Waals surface area contributed by atoms with Crippen LogP contribution < -0.4 is 9.80 Å². The monoisotopic (exact) mass is 698 g/mol. The molecule has 0 amide bonds. The topological polar surface area (TPSA) is 6.48 Å². The molecular formula is C52H46N2. The first-order chi connectivity index (χ1) is 26.1. The highest BCUT2D eigenvalue weighted by molar-refractivity contribution is 6.12. The molecule has 0 bridgehead atoms. The van der Waals surface area contributed by atoms with E-state index in [9.17, 15) is 0 Å². The molecule has 54 heavy (non-hydrogen) atoms. The fraction of sp³-hybridized carbons (Fsp3) is 0.154. The summed E-state index contributed by atoms with van der Waals surface area (Å²) >= 11 is 0. The van der Waals surface area contributed by atoms with Crippen molar-refractivity contribution in [2.24, 2.45) is 0 Å². The molecule has 0 aromatic heterocycles. The van der Waals surface area contributed by atoms with Crippen molar-refractivity contribution < 1.29 is 0 Å². The molecule has 8 aromatic rings. The lowest BCUT2D eigenvalue weighted by molar-refractivity contribution is 1.19. The van der Waals surface area contributed by atoms with E-state index in [-0.39, 0.29) is 0 Å². The van der Waals surface area contributed by atoms with Gasteiger partial charge in [0.25, 0.3) is 0 Å². The molecule has 2 heteroatoms. The lowest BCUT2D eigenvalue weighted by Gasteiger charge is -2.31. The zero-order valence-electron chi connectivity index (χ0n) is 32.6. The van der Waals surface area contributed by atoms with Gasteiger partial charge in [0.15, 0.2) is 0 Å². The van der Waals surface area contributed by atoms with Gasteiger partial charge in [-0.2, -0.15) is 0 Å². The van der Waals surface area contributed by atoms with Crippen molar-refractivity contribution in [3.63, 3.8) is 0 Å². The van der Waals surface area contributed by atoms with Crippen LogP contribution >= 0.6 is 0 Å². The van der Waals surface area contributed by atoms with Crippen molar-refractivity contribution >= 4 is 55.7 Å². The normalized spacial score (nSPS) is 11.7. The molecule has 8 aromatic carbocycles. The molecule has 0 saturated carbocycles. The van der Waals surface area contributed by atoms with E-state index < -0.39 is 0 Å². The van der Waals surface area contributed by atoms with Crippen molar-refractivity contribution in [2.75, 3.05) is 9.80 Å². The van der Waals surface area contributed by atoms with Gasteiger partial charge in [-0.15, -0.1) is 0 Å². The summed E-state index contributed by atoms with van der Waals surface area (Å²) in [5.41, 5.74) is 22.9. The van der Waals surface area contributed by atoms with E-state index in [1.54, 1.807) is 0 Å². The number of aryl methyl sites for hydroxylation is 4. The Labute approximate surface area is 320 Å². The second kappa shape index (κ2) is 12.8. The Morgan fingerprint density at radius 3 is 0.852 bits per heavy atom. The Morgan fingerprint density at radius 2 is 0.556 bits per heavy atom. The summed E-state index contributed by atoms with van der Waals surface area (Å²) in [5, 5.41) is 5.03. The maximum Gasteiger partial charge on any atom is 0.0493 e. The number of hydrogen-bond donors (Lipinski definition) is 0. The van der Waals surface area contributed by atoms with E-state index in [0.29, 0.717) is 0 Å². The van der Waals surface area contributed by atoms with Crippen molar-refractivity contribution in [3.8, 4) is 22.3 Å². The number of benzene rings is 8. The van der Waals surface area contributed by atoms with Crippen LogP contribution in [0.4, 0.5) is 34.1 Å². The van der Waals surface area contributed by atoms with Gasteiger partial charge in [-0.25, -0.2) is 0 Å². The summed E-state index contributed by atoms with van der Waals surface area (Å²) in [7, 11) is 0. The van der Waals surface area contributed by atoms with Crippen molar-refractivity contribution in [3.05, 3.63) is 178 Å². The van der Waals surface area contributed by atoms with Gasteiger partial charge in [0.1, 0.15) is 0 Å². The summed E-state index contributed by atoms with van der Waals surface area (Å²) in [4.78, 5) is 4.90. The molecule has 0 N–H and O–H groups in total. The molecule has 1 aliphatic carbocycles. The number of hydrogen-bond acceptors (Lipinski definition) is 2. The molecule has 9 rings (SSSR count). The molecule has 0 atom stereocenters. The maximum absolute atomic E-state index is 2.45. The summed E-state index contributed by atoms with van der Waals surface area (Å²) in [6.45, 7) is 17.8. The van der Waals surface area contributed by atoms with E-state index in [4.69, 9.17) is 0 Å². The van der Waals surface area contributed by atoms with Crippen LogP contribution in [0.25, 0.3) is 43.8 Å². The lowest BCUT2D eigenvalue weighted by atomic mass is 9.78. The summed E-state index contributed by atoms with van der Waals surface area (Å²) in [6.07, 6.45) is 0. The lowest BCUT2D eigenvalue weighted by Crippen LogP contribution is -2.13. The van der Waals surface area contributed by atoms with Gasteiger partial charge in [0.2, 0.25) is 0 Å². The molecule has 0 heterocycles. The Bertz CT molecular complexity index is 2520. The fourth-order valence-corrected chi connectivity index (χ4v) is 8.40. The van der Waals surface area contributed by atoms with E-state index in [1.807, 2.05) is 0 Å². The minimum Gasteiger partial charge on any atom is -0.310 e. The molecular weight excluding hydrogens is 653 g/mol. The molecule has 0 fully saturated rings. The number of fused-ring (bicyclic) bond motifs is 6. The third kappa shape index (κ3) is 5.31. The minimum atomic E-state index is 1.17. The van der Waals surface area contributed by atoms with Gasteiger partial charge >= 0.3 is 0 Å². The number of rotatable bonds is 6. The molecule has 2 nitrogen and oxygen atoms in total.